The Hall–Kier alpha value is -1.71. The summed E-state index contributed by atoms with van der Waals surface area (Å²) in [7, 11) is -3.53. The first-order valence-electron chi connectivity index (χ1n) is 6.68. The van der Waals surface area contributed by atoms with Crippen molar-refractivity contribution in [2.75, 3.05) is 13.1 Å². The van der Waals surface area contributed by atoms with Crippen LogP contribution in [-0.2, 0) is 23.0 Å². The SMILES string of the molecule is CCNCc1cc(S(=O)(=O)NCCc2nc(C)no2)c[nH]1. The van der Waals surface area contributed by atoms with E-state index in [2.05, 4.69) is 25.2 Å². The highest BCUT2D eigenvalue weighted by Gasteiger charge is 2.16. The zero-order valence-electron chi connectivity index (χ0n) is 12.0. The maximum absolute atomic E-state index is 12.1. The van der Waals surface area contributed by atoms with Crippen LogP contribution >= 0.6 is 0 Å². The molecule has 2 rings (SSSR count). The van der Waals surface area contributed by atoms with Crippen LogP contribution in [-0.4, -0.2) is 36.6 Å². The fraction of sp³-hybridized carbons (Fsp3) is 0.500. The average Bonchev–Trinajstić information content (AvgIpc) is 3.06. The number of nitrogens with zero attached hydrogens (tertiary/aromatic N) is 2. The highest BCUT2D eigenvalue weighted by atomic mass is 32.2. The van der Waals surface area contributed by atoms with Gasteiger partial charge in [0.15, 0.2) is 5.82 Å². The van der Waals surface area contributed by atoms with Gasteiger partial charge in [0.1, 0.15) is 0 Å². The summed E-state index contributed by atoms with van der Waals surface area (Å²) in [4.78, 5) is 7.17. The van der Waals surface area contributed by atoms with Crippen molar-refractivity contribution < 1.29 is 12.9 Å². The lowest BCUT2D eigenvalue weighted by Crippen LogP contribution is -2.25. The van der Waals surface area contributed by atoms with E-state index in [4.69, 9.17) is 4.52 Å². The number of hydrogen-bond acceptors (Lipinski definition) is 6. The predicted octanol–water partition coefficient (Wildman–Crippen LogP) is 0.337. The highest BCUT2D eigenvalue weighted by Crippen LogP contribution is 2.10. The van der Waals surface area contributed by atoms with E-state index in [1.807, 2.05) is 6.92 Å². The van der Waals surface area contributed by atoms with Crippen molar-refractivity contribution in [2.24, 2.45) is 0 Å². The van der Waals surface area contributed by atoms with Crippen LogP contribution in [0.15, 0.2) is 21.7 Å². The number of H-pyrrole nitrogens is 1. The average molecular weight is 313 g/mol. The fourth-order valence-electron chi connectivity index (χ4n) is 1.75. The van der Waals surface area contributed by atoms with E-state index in [9.17, 15) is 8.42 Å². The van der Waals surface area contributed by atoms with Gasteiger partial charge in [-0.2, -0.15) is 4.98 Å². The Labute approximate surface area is 123 Å². The maximum atomic E-state index is 12.1. The minimum absolute atomic E-state index is 0.206. The number of aryl methyl sites for hydroxylation is 1. The molecule has 21 heavy (non-hydrogen) atoms. The summed E-state index contributed by atoms with van der Waals surface area (Å²) in [5.41, 5.74) is 0.824. The topological polar surface area (TPSA) is 113 Å². The Morgan fingerprint density at radius 3 is 2.90 bits per heavy atom. The summed E-state index contributed by atoms with van der Waals surface area (Å²) in [6.45, 7) is 5.33. The van der Waals surface area contributed by atoms with E-state index in [0.717, 1.165) is 12.2 Å². The zero-order valence-corrected chi connectivity index (χ0v) is 12.8. The third-order valence-corrected chi connectivity index (χ3v) is 4.23. The van der Waals surface area contributed by atoms with Crippen LogP contribution in [0.5, 0.6) is 0 Å². The smallest absolute Gasteiger partial charge is 0.242 e. The summed E-state index contributed by atoms with van der Waals surface area (Å²) >= 11 is 0. The molecule has 0 aliphatic rings. The van der Waals surface area contributed by atoms with Crippen LogP contribution in [0.2, 0.25) is 0 Å². The molecule has 2 heterocycles. The van der Waals surface area contributed by atoms with Crippen LogP contribution in [0.3, 0.4) is 0 Å². The van der Waals surface area contributed by atoms with Crippen LogP contribution in [0.25, 0.3) is 0 Å². The molecule has 0 aromatic carbocycles. The highest BCUT2D eigenvalue weighted by molar-refractivity contribution is 7.89. The lowest BCUT2D eigenvalue weighted by atomic mass is 10.4. The van der Waals surface area contributed by atoms with Crippen molar-refractivity contribution in [2.45, 2.75) is 31.7 Å². The van der Waals surface area contributed by atoms with Gasteiger partial charge in [-0.15, -0.1) is 0 Å². The molecule has 3 N–H and O–H groups in total. The van der Waals surface area contributed by atoms with E-state index in [1.165, 1.54) is 6.20 Å². The third-order valence-electron chi connectivity index (χ3n) is 2.79. The molecule has 8 nitrogen and oxygen atoms in total. The fourth-order valence-corrected chi connectivity index (χ4v) is 2.80. The lowest BCUT2D eigenvalue weighted by Gasteiger charge is -2.02. The molecule has 0 spiro atoms. The molecule has 0 atom stereocenters. The van der Waals surface area contributed by atoms with Crippen molar-refractivity contribution in [1.82, 2.24) is 25.2 Å². The molecule has 0 bridgehead atoms. The minimum Gasteiger partial charge on any atom is -0.363 e. The van der Waals surface area contributed by atoms with E-state index in [0.29, 0.717) is 24.7 Å². The number of aromatic nitrogens is 3. The van der Waals surface area contributed by atoms with E-state index in [-0.39, 0.29) is 11.4 Å². The number of aromatic amines is 1. The van der Waals surface area contributed by atoms with Crippen LogP contribution in [0.4, 0.5) is 0 Å². The second kappa shape index (κ2) is 6.83. The Morgan fingerprint density at radius 1 is 1.43 bits per heavy atom. The first-order valence-corrected chi connectivity index (χ1v) is 8.16. The molecule has 0 saturated carbocycles. The second-order valence-electron chi connectivity index (χ2n) is 4.52. The monoisotopic (exact) mass is 313 g/mol. The van der Waals surface area contributed by atoms with Crippen molar-refractivity contribution in [3.05, 3.63) is 29.7 Å². The summed E-state index contributed by atoms with van der Waals surface area (Å²) in [6.07, 6.45) is 1.83. The number of nitrogens with one attached hydrogen (secondary N) is 3. The van der Waals surface area contributed by atoms with E-state index < -0.39 is 10.0 Å². The normalized spacial score (nSPS) is 11.9. The van der Waals surface area contributed by atoms with Gasteiger partial charge < -0.3 is 14.8 Å². The molecule has 0 amide bonds. The minimum atomic E-state index is -3.53. The van der Waals surface area contributed by atoms with Crippen molar-refractivity contribution in [1.29, 1.82) is 0 Å². The molecular weight excluding hydrogens is 294 g/mol. The zero-order chi connectivity index (χ0) is 15.3. The van der Waals surface area contributed by atoms with Gasteiger partial charge in [-0.1, -0.05) is 12.1 Å². The number of hydrogen-bond donors (Lipinski definition) is 3. The third kappa shape index (κ3) is 4.38. The summed E-state index contributed by atoms with van der Waals surface area (Å²) in [6, 6.07) is 1.61. The van der Waals surface area contributed by atoms with Gasteiger partial charge in [0.05, 0.1) is 4.90 Å². The molecule has 0 saturated heterocycles. The van der Waals surface area contributed by atoms with E-state index in [1.54, 1.807) is 13.0 Å². The van der Waals surface area contributed by atoms with Gasteiger partial charge in [0, 0.05) is 31.4 Å². The van der Waals surface area contributed by atoms with Crippen LogP contribution in [0.1, 0.15) is 24.3 Å². The molecule has 9 heteroatoms. The molecule has 116 valence electrons. The van der Waals surface area contributed by atoms with Gasteiger partial charge in [-0.3, -0.25) is 0 Å². The van der Waals surface area contributed by atoms with Crippen LogP contribution in [0, 0.1) is 6.92 Å². The summed E-state index contributed by atoms with van der Waals surface area (Å²) < 4.78 is 31.6. The first kappa shape index (κ1) is 15.7. The van der Waals surface area contributed by atoms with Crippen molar-refractivity contribution in [3.8, 4) is 0 Å². The second-order valence-corrected chi connectivity index (χ2v) is 6.29. The van der Waals surface area contributed by atoms with Gasteiger partial charge in [0.25, 0.3) is 0 Å². The molecule has 2 aromatic rings. The van der Waals surface area contributed by atoms with Gasteiger partial charge in [-0.25, -0.2) is 13.1 Å². The van der Waals surface area contributed by atoms with Crippen LogP contribution < -0.4 is 10.0 Å². The Balaban J connectivity index is 1.90. The molecule has 0 radical (unpaired) electrons. The molecule has 0 aliphatic carbocycles. The quantitative estimate of drug-likeness (QED) is 0.647. The summed E-state index contributed by atoms with van der Waals surface area (Å²) in [5, 5.41) is 6.77. The van der Waals surface area contributed by atoms with E-state index >= 15 is 0 Å². The Bertz CT molecular complexity index is 677. The largest absolute Gasteiger partial charge is 0.363 e. The van der Waals surface area contributed by atoms with Crippen molar-refractivity contribution in [3.63, 3.8) is 0 Å². The number of sulfonamides is 1. The molecule has 0 unspecified atom stereocenters. The number of rotatable bonds is 8. The Morgan fingerprint density at radius 2 is 2.24 bits per heavy atom. The molecule has 2 aromatic heterocycles. The summed E-state index contributed by atoms with van der Waals surface area (Å²) in [5.74, 6) is 0.948. The molecule has 0 aliphatic heterocycles. The van der Waals surface area contributed by atoms with Crippen molar-refractivity contribution >= 4 is 10.0 Å². The Kier molecular flexibility index (Phi) is 5.10. The standard InChI is InChI=1S/C12H19N5O3S/c1-3-13-7-10-6-11(8-14-10)21(18,19)15-5-4-12-16-9(2)17-20-12/h6,8,13-15H,3-5,7H2,1-2H3. The maximum Gasteiger partial charge on any atom is 0.242 e. The predicted molar refractivity (Wildman–Crippen MR) is 76.1 cm³/mol. The lowest BCUT2D eigenvalue weighted by molar-refractivity contribution is 0.375. The van der Waals surface area contributed by atoms with Gasteiger partial charge in [-0.05, 0) is 19.5 Å². The van der Waals surface area contributed by atoms with Gasteiger partial charge in [0.2, 0.25) is 15.9 Å². The van der Waals surface area contributed by atoms with Gasteiger partial charge >= 0.3 is 0 Å². The first-order chi connectivity index (χ1) is 10.0. The molecular formula is C12H19N5O3S. The molecule has 0 fully saturated rings.